The molecule has 0 fully saturated rings. The van der Waals surface area contributed by atoms with E-state index in [9.17, 15) is 27.6 Å². The highest BCUT2D eigenvalue weighted by molar-refractivity contribution is 6.06. The third kappa shape index (κ3) is 6.21. The van der Waals surface area contributed by atoms with Gasteiger partial charge in [-0.15, -0.1) is 0 Å². The lowest BCUT2D eigenvalue weighted by Crippen LogP contribution is -2.51. The topological polar surface area (TPSA) is 72.5 Å². The predicted octanol–water partition coefficient (Wildman–Crippen LogP) is 1.36. The van der Waals surface area contributed by atoms with E-state index in [0.717, 1.165) is 0 Å². The summed E-state index contributed by atoms with van der Waals surface area (Å²) in [5.74, 6) is -4.31. The molecule has 0 saturated heterocycles. The number of halogens is 3. The summed E-state index contributed by atoms with van der Waals surface area (Å²) >= 11 is 0. The lowest BCUT2D eigenvalue weighted by Gasteiger charge is -2.17. The Bertz CT molecular complexity index is 341. The first-order valence-corrected chi connectivity index (χ1v) is 5.81. The second-order valence-electron chi connectivity index (χ2n) is 3.73. The molecular weight excluding hydrogens is 267 g/mol. The normalized spacial score (nSPS) is 12.7. The molecule has 0 rings (SSSR count). The third-order valence-corrected chi connectivity index (χ3v) is 2.15. The number of alkyl halides is 3. The summed E-state index contributed by atoms with van der Waals surface area (Å²) in [6.07, 6.45) is -4.21. The molecule has 0 aliphatic carbocycles. The van der Waals surface area contributed by atoms with Crippen molar-refractivity contribution >= 4 is 17.7 Å². The molecule has 1 N–H and O–H groups in total. The zero-order valence-corrected chi connectivity index (χ0v) is 10.7. The van der Waals surface area contributed by atoms with Gasteiger partial charge in [0, 0.05) is 6.42 Å². The van der Waals surface area contributed by atoms with Crippen LogP contribution in [0.25, 0.3) is 0 Å². The number of carbonyl (C=O) groups is 3. The van der Waals surface area contributed by atoms with Gasteiger partial charge in [0.05, 0.1) is 6.61 Å². The maximum absolute atomic E-state index is 12.1. The number of carbonyl (C=O) groups excluding carboxylic acids is 3. The van der Waals surface area contributed by atoms with E-state index < -0.39 is 29.9 Å². The Balaban J connectivity index is 4.82. The van der Waals surface area contributed by atoms with E-state index in [-0.39, 0.29) is 13.0 Å². The van der Waals surface area contributed by atoms with Crippen molar-refractivity contribution in [1.82, 2.24) is 5.32 Å². The molecule has 0 aliphatic heterocycles. The SMILES string of the molecule is CCCCC(=O)C(NC(=O)C(F)(F)F)C(=O)OCC. The average molecular weight is 283 g/mol. The second kappa shape index (κ2) is 7.75. The van der Waals surface area contributed by atoms with Crippen molar-refractivity contribution in [1.29, 1.82) is 0 Å². The van der Waals surface area contributed by atoms with Crippen LogP contribution < -0.4 is 5.32 Å². The van der Waals surface area contributed by atoms with Crippen LogP contribution in [0.1, 0.15) is 33.1 Å². The lowest BCUT2D eigenvalue weighted by molar-refractivity contribution is -0.176. The summed E-state index contributed by atoms with van der Waals surface area (Å²) in [7, 11) is 0. The van der Waals surface area contributed by atoms with E-state index in [4.69, 9.17) is 0 Å². The molecule has 1 atom stereocenters. The Morgan fingerprint density at radius 3 is 2.21 bits per heavy atom. The molecule has 0 aromatic rings. The van der Waals surface area contributed by atoms with E-state index in [1.807, 2.05) is 0 Å². The van der Waals surface area contributed by atoms with E-state index in [2.05, 4.69) is 4.74 Å². The third-order valence-electron chi connectivity index (χ3n) is 2.15. The number of amides is 1. The first-order chi connectivity index (χ1) is 8.73. The molecule has 0 aromatic carbocycles. The maximum Gasteiger partial charge on any atom is 0.471 e. The van der Waals surface area contributed by atoms with Crippen LogP contribution in [-0.4, -0.2) is 36.5 Å². The van der Waals surface area contributed by atoms with Crippen molar-refractivity contribution in [2.24, 2.45) is 0 Å². The maximum atomic E-state index is 12.1. The van der Waals surface area contributed by atoms with Crippen LogP contribution in [0.5, 0.6) is 0 Å². The predicted molar refractivity (Wildman–Crippen MR) is 59.2 cm³/mol. The lowest BCUT2D eigenvalue weighted by atomic mass is 10.1. The van der Waals surface area contributed by atoms with Crippen molar-refractivity contribution in [2.75, 3.05) is 6.61 Å². The summed E-state index contributed by atoms with van der Waals surface area (Å²) in [6.45, 7) is 3.12. The summed E-state index contributed by atoms with van der Waals surface area (Å²) in [4.78, 5) is 33.7. The van der Waals surface area contributed by atoms with Crippen LogP contribution in [0.2, 0.25) is 0 Å². The number of unbranched alkanes of at least 4 members (excludes halogenated alkanes) is 1. The van der Waals surface area contributed by atoms with Crippen molar-refractivity contribution < 1.29 is 32.3 Å². The van der Waals surface area contributed by atoms with Crippen LogP contribution in [0.15, 0.2) is 0 Å². The monoisotopic (exact) mass is 283 g/mol. The molecule has 5 nitrogen and oxygen atoms in total. The van der Waals surface area contributed by atoms with Gasteiger partial charge < -0.3 is 10.1 Å². The zero-order valence-electron chi connectivity index (χ0n) is 10.7. The summed E-state index contributed by atoms with van der Waals surface area (Å²) in [6, 6.07) is -1.90. The molecule has 0 aromatic heterocycles. The average Bonchev–Trinajstić information content (AvgIpc) is 2.31. The number of hydrogen-bond donors (Lipinski definition) is 1. The Morgan fingerprint density at radius 2 is 1.79 bits per heavy atom. The molecule has 19 heavy (non-hydrogen) atoms. The molecule has 0 radical (unpaired) electrons. The van der Waals surface area contributed by atoms with Crippen molar-refractivity contribution in [3.8, 4) is 0 Å². The fourth-order valence-corrected chi connectivity index (χ4v) is 1.20. The smallest absolute Gasteiger partial charge is 0.464 e. The summed E-state index contributed by atoms with van der Waals surface area (Å²) < 4.78 is 40.8. The fourth-order valence-electron chi connectivity index (χ4n) is 1.20. The van der Waals surface area contributed by atoms with Crippen LogP contribution in [0.4, 0.5) is 13.2 Å². The Morgan fingerprint density at radius 1 is 1.21 bits per heavy atom. The number of hydrogen-bond acceptors (Lipinski definition) is 4. The fraction of sp³-hybridized carbons (Fsp3) is 0.727. The molecule has 0 spiro atoms. The number of rotatable bonds is 7. The second-order valence-corrected chi connectivity index (χ2v) is 3.73. The van der Waals surface area contributed by atoms with Crippen LogP contribution >= 0.6 is 0 Å². The zero-order chi connectivity index (χ0) is 15.1. The van der Waals surface area contributed by atoms with Gasteiger partial charge >= 0.3 is 18.1 Å². The van der Waals surface area contributed by atoms with Gasteiger partial charge in [0.25, 0.3) is 0 Å². The summed E-state index contributed by atoms with van der Waals surface area (Å²) in [5.41, 5.74) is 0. The van der Waals surface area contributed by atoms with Crippen molar-refractivity contribution in [3.63, 3.8) is 0 Å². The molecule has 0 aliphatic rings. The van der Waals surface area contributed by atoms with Crippen molar-refractivity contribution in [2.45, 2.75) is 45.3 Å². The molecule has 1 unspecified atom stereocenters. The standard InChI is InChI=1S/C11H16F3NO4/c1-3-5-6-7(16)8(9(17)19-4-2)15-10(18)11(12,13)14/h8H,3-6H2,1-2H3,(H,15,18). The van der Waals surface area contributed by atoms with Crippen LogP contribution in [-0.2, 0) is 19.1 Å². The minimum absolute atomic E-state index is 0.0989. The van der Waals surface area contributed by atoms with Crippen LogP contribution in [0.3, 0.4) is 0 Å². The van der Waals surface area contributed by atoms with Gasteiger partial charge in [0.1, 0.15) is 0 Å². The first kappa shape index (κ1) is 17.4. The number of ether oxygens (including phenoxy) is 1. The largest absolute Gasteiger partial charge is 0.471 e. The molecule has 0 bridgehead atoms. The molecular formula is C11H16F3NO4. The minimum Gasteiger partial charge on any atom is -0.464 e. The van der Waals surface area contributed by atoms with Gasteiger partial charge in [0.2, 0.25) is 0 Å². The van der Waals surface area contributed by atoms with E-state index >= 15 is 0 Å². The van der Waals surface area contributed by atoms with Gasteiger partial charge in [-0.3, -0.25) is 9.59 Å². The Kier molecular flexibility index (Phi) is 7.10. The van der Waals surface area contributed by atoms with Gasteiger partial charge in [-0.1, -0.05) is 13.3 Å². The van der Waals surface area contributed by atoms with Crippen molar-refractivity contribution in [3.05, 3.63) is 0 Å². The quantitative estimate of drug-likeness (QED) is 0.565. The first-order valence-electron chi connectivity index (χ1n) is 5.81. The number of ketones is 1. The molecule has 110 valence electrons. The highest BCUT2D eigenvalue weighted by Crippen LogP contribution is 2.15. The Labute approximate surface area is 108 Å². The Hall–Kier alpha value is -1.60. The molecule has 0 saturated carbocycles. The number of esters is 1. The van der Waals surface area contributed by atoms with Gasteiger partial charge in [-0.05, 0) is 13.3 Å². The van der Waals surface area contributed by atoms with E-state index in [0.29, 0.717) is 12.8 Å². The van der Waals surface area contributed by atoms with Gasteiger partial charge in [-0.2, -0.15) is 13.2 Å². The van der Waals surface area contributed by atoms with E-state index in [1.165, 1.54) is 12.2 Å². The van der Waals surface area contributed by atoms with Gasteiger partial charge in [-0.25, -0.2) is 4.79 Å². The molecule has 0 heterocycles. The molecule has 1 amide bonds. The minimum atomic E-state index is -5.16. The van der Waals surface area contributed by atoms with Crippen LogP contribution in [0, 0.1) is 0 Å². The van der Waals surface area contributed by atoms with E-state index in [1.54, 1.807) is 6.92 Å². The summed E-state index contributed by atoms with van der Waals surface area (Å²) in [5, 5.41) is 1.36. The molecule has 8 heteroatoms. The van der Waals surface area contributed by atoms with Gasteiger partial charge in [0.15, 0.2) is 11.8 Å². The highest BCUT2D eigenvalue weighted by atomic mass is 19.4. The number of nitrogens with one attached hydrogen (secondary N) is 1. The highest BCUT2D eigenvalue weighted by Gasteiger charge is 2.42. The number of Topliss-reactive ketones (excluding diaryl/α,β-unsaturated/α-hetero) is 1.